The van der Waals surface area contributed by atoms with Crippen LogP contribution in [0.15, 0.2) is 24.3 Å². The third-order valence-electron chi connectivity index (χ3n) is 2.48. The Morgan fingerprint density at radius 3 is 2.89 bits per heavy atom. The monoisotopic (exact) mass is 267 g/mol. The van der Waals surface area contributed by atoms with Gasteiger partial charge >= 0.3 is 0 Å². The molecule has 0 atom stereocenters. The third-order valence-corrected chi connectivity index (χ3v) is 3.34. The predicted octanol–water partition coefficient (Wildman–Crippen LogP) is 3.56. The van der Waals surface area contributed by atoms with E-state index in [-0.39, 0.29) is 0 Å². The van der Waals surface area contributed by atoms with Gasteiger partial charge in [0, 0.05) is 12.3 Å². The average Bonchev–Trinajstić information content (AvgIpc) is 2.35. The van der Waals surface area contributed by atoms with Gasteiger partial charge in [-0.15, -0.1) is 0 Å². The Kier molecular flexibility index (Phi) is 7.94. The summed E-state index contributed by atoms with van der Waals surface area (Å²) >= 11 is 1.91. The molecule has 0 saturated carbocycles. The summed E-state index contributed by atoms with van der Waals surface area (Å²) in [5.41, 5.74) is 1.29. The fraction of sp³-hybridized carbons (Fsp3) is 0.600. The minimum Gasteiger partial charge on any atom is -0.493 e. The lowest BCUT2D eigenvalue weighted by Gasteiger charge is -2.10. The highest BCUT2D eigenvalue weighted by Gasteiger charge is 1.98. The smallest absolute Gasteiger partial charge is 0.119 e. The van der Waals surface area contributed by atoms with Gasteiger partial charge in [0.1, 0.15) is 5.75 Å². The zero-order chi connectivity index (χ0) is 13.2. The Morgan fingerprint density at radius 1 is 1.33 bits per heavy atom. The molecule has 18 heavy (non-hydrogen) atoms. The fourth-order valence-electron chi connectivity index (χ4n) is 1.61. The molecule has 102 valence electrons. The second-order valence-electron chi connectivity index (χ2n) is 4.72. The van der Waals surface area contributed by atoms with E-state index in [4.69, 9.17) is 4.74 Å². The van der Waals surface area contributed by atoms with Gasteiger partial charge in [-0.1, -0.05) is 32.9 Å². The SMILES string of the molecule is CCSCCOc1cccc(CNCC(C)C)c1. The number of nitrogens with one attached hydrogen (secondary N) is 1. The minimum atomic E-state index is 0.690. The Hall–Kier alpha value is -0.670. The van der Waals surface area contributed by atoms with Crippen molar-refractivity contribution in [2.24, 2.45) is 5.92 Å². The summed E-state index contributed by atoms with van der Waals surface area (Å²) < 4.78 is 5.73. The maximum Gasteiger partial charge on any atom is 0.119 e. The molecule has 3 heteroatoms. The van der Waals surface area contributed by atoms with Crippen molar-refractivity contribution in [2.45, 2.75) is 27.3 Å². The van der Waals surface area contributed by atoms with E-state index < -0.39 is 0 Å². The van der Waals surface area contributed by atoms with Crippen molar-refractivity contribution in [1.29, 1.82) is 0 Å². The van der Waals surface area contributed by atoms with Crippen molar-refractivity contribution in [3.63, 3.8) is 0 Å². The van der Waals surface area contributed by atoms with E-state index in [0.29, 0.717) is 5.92 Å². The summed E-state index contributed by atoms with van der Waals surface area (Å²) in [6, 6.07) is 8.36. The molecule has 0 bridgehead atoms. The molecule has 0 aliphatic heterocycles. The maximum absolute atomic E-state index is 5.73. The molecule has 1 rings (SSSR count). The first-order valence-electron chi connectivity index (χ1n) is 6.72. The van der Waals surface area contributed by atoms with E-state index in [1.54, 1.807) is 0 Å². The van der Waals surface area contributed by atoms with Gasteiger partial charge in [0.25, 0.3) is 0 Å². The van der Waals surface area contributed by atoms with Gasteiger partial charge in [-0.3, -0.25) is 0 Å². The molecule has 1 aromatic carbocycles. The zero-order valence-electron chi connectivity index (χ0n) is 11.7. The lowest BCUT2D eigenvalue weighted by Crippen LogP contribution is -2.18. The molecule has 0 spiro atoms. The molecule has 0 radical (unpaired) electrons. The zero-order valence-corrected chi connectivity index (χ0v) is 12.6. The Balaban J connectivity index is 2.32. The van der Waals surface area contributed by atoms with E-state index in [1.807, 2.05) is 17.8 Å². The molecule has 0 unspecified atom stereocenters. The van der Waals surface area contributed by atoms with Crippen LogP contribution in [0.2, 0.25) is 0 Å². The van der Waals surface area contributed by atoms with Crippen molar-refractivity contribution in [3.05, 3.63) is 29.8 Å². The summed E-state index contributed by atoms with van der Waals surface area (Å²) in [4.78, 5) is 0. The van der Waals surface area contributed by atoms with E-state index in [0.717, 1.165) is 37.0 Å². The molecule has 0 amide bonds. The Labute approximate surface area is 116 Å². The topological polar surface area (TPSA) is 21.3 Å². The standard InChI is InChI=1S/C15H25NOS/c1-4-18-9-8-17-15-7-5-6-14(10-15)12-16-11-13(2)3/h5-7,10,13,16H,4,8-9,11-12H2,1-3H3. The summed E-state index contributed by atoms with van der Waals surface area (Å²) in [5, 5.41) is 3.45. The van der Waals surface area contributed by atoms with Crippen LogP contribution in [0.5, 0.6) is 5.75 Å². The van der Waals surface area contributed by atoms with Crippen molar-refractivity contribution in [3.8, 4) is 5.75 Å². The number of ether oxygens (including phenoxy) is 1. The van der Waals surface area contributed by atoms with Crippen molar-refractivity contribution in [1.82, 2.24) is 5.32 Å². The van der Waals surface area contributed by atoms with Gasteiger partial charge in [-0.05, 0) is 35.9 Å². The highest BCUT2D eigenvalue weighted by molar-refractivity contribution is 7.99. The maximum atomic E-state index is 5.73. The van der Waals surface area contributed by atoms with Crippen LogP contribution in [0.25, 0.3) is 0 Å². The molecule has 0 aromatic heterocycles. The summed E-state index contributed by atoms with van der Waals surface area (Å²) in [7, 11) is 0. The largest absolute Gasteiger partial charge is 0.493 e. The quantitative estimate of drug-likeness (QED) is 0.691. The molecule has 1 N–H and O–H groups in total. The highest BCUT2D eigenvalue weighted by atomic mass is 32.2. The second kappa shape index (κ2) is 9.29. The van der Waals surface area contributed by atoms with E-state index in [2.05, 4.69) is 44.3 Å². The van der Waals surface area contributed by atoms with Crippen LogP contribution in [0.1, 0.15) is 26.3 Å². The molecule has 0 aliphatic carbocycles. The molecular weight excluding hydrogens is 242 g/mol. The summed E-state index contributed by atoms with van der Waals surface area (Å²) in [6.45, 7) is 9.38. The third kappa shape index (κ3) is 6.92. The Morgan fingerprint density at radius 2 is 2.17 bits per heavy atom. The van der Waals surface area contributed by atoms with Gasteiger partial charge in [0.15, 0.2) is 0 Å². The van der Waals surface area contributed by atoms with Crippen LogP contribution in [0.4, 0.5) is 0 Å². The lowest BCUT2D eigenvalue weighted by atomic mass is 10.2. The van der Waals surface area contributed by atoms with Gasteiger partial charge in [0.05, 0.1) is 6.61 Å². The van der Waals surface area contributed by atoms with Gasteiger partial charge in [-0.2, -0.15) is 11.8 Å². The van der Waals surface area contributed by atoms with Crippen molar-refractivity contribution in [2.75, 3.05) is 24.7 Å². The number of hydrogen-bond acceptors (Lipinski definition) is 3. The predicted molar refractivity (Wildman–Crippen MR) is 81.5 cm³/mol. The summed E-state index contributed by atoms with van der Waals surface area (Å²) in [6.07, 6.45) is 0. The van der Waals surface area contributed by atoms with E-state index in [1.165, 1.54) is 5.56 Å². The van der Waals surface area contributed by atoms with Crippen LogP contribution in [-0.4, -0.2) is 24.7 Å². The van der Waals surface area contributed by atoms with Crippen LogP contribution in [-0.2, 0) is 6.54 Å². The normalized spacial score (nSPS) is 10.9. The highest BCUT2D eigenvalue weighted by Crippen LogP contribution is 2.13. The second-order valence-corrected chi connectivity index (χ2v) is 6.11. The van der Waals surface area contributed by atoms with Gasteiger partial charge in [0.2, 0.25) is 0 Å². The molecule has 0 fully saturated rings. The number of benzene rings is 1. The lowest BCUT2D eigenvalue weighted by molar-refractivity contribution is 0.343. The molecular formula is C15H25NOS. The van der Waals surface area contributed by atoms with Crippen LogP contribution in [0.3, 0.4) is 0 Å². The van der Waals surface area contributed by atoms with Gasteiger partial charge in [-0.25, -0.2) is 0 Å². The van der Waals surface area contributed by atoms with Crippen LogP contribution >= 0.6 is 11.8 Å². The number of thioether (sulfide) groups is 1. The molecule has 0 saturated heterocycles. The fourth-order valence-corrected chi connectivity index (χ4v) is 2.10. The van der Waals surface area contributed by atoms with Crippen molar-refractivity contribution >= 4 is 11.8 Å². The average molecular weight is 267 g/mol. The van der Waals surface area contributed by atoms with Crippen LogP contribution < -0.4 is 10.1 Å². The van der Waals surface area contributed by atoms with E-state index in [9.17, 15) is 0 Å². The van der Waals surface area contributed by atoms with Crippen molar-refractivity contribution < 1.29 is 4.74 Å². The van der Waals surface area contributed by atoms with E-state index >= 15 is 0 Å². The number of rotatable bonds is 9. The number of hydrogen-bond donors (Lipinski definition) is 1. The molecule has 1 aromatic rings. The molecule has 0 heterocycles. The van der Waals surface area contributed by atoms with Gasteiger partial charge < -0.3 is 10.1 Å². The first-order valence-corrected chi connectivity index (χ1v) is 7.88. The Bertz CT molecular complexity index is 328. The minimum absolute atomic E-state index is 0.690. The summed E-state index contributed by atoms with van der Waals surface area (Å²) in [5.74, 6) is 3.89. The molecule has 0 aliphatic rings. The first-order chi connectivity index (χ1) is 8.72. The first kappa shape index (κ1) is 15.4. The van der Waals surface area contributed by atoms with Crippen LogP contribution in [0, 0.1) is 5.92 Å². The molecule has 2 nitrogen and oxygen atoms in total.